The van der Waals surface area contributed by atoms with Crippen molar-refractivity contribution in [2.45, 2.75) is 85.2 Å². The standard InChI is InChI=1S/C32H50N2O5S/c1-6-9-13-30-31(28-23-25(33-40(5,36)37)14-17-29(28)39-30)32(35)27-16-15-26(22-24(27)4)38-21-12-20-34(18-10-7-2)19-11-8-3/h14-17,22-24,27,32-33,35H,6-13,18-21H2,1-5H3. The summed E-state index contributed by atoms with van der Waals surface area (Å²) in [5.74, 6) is 1.52. The second-order valence-electron chi connectivity index (χ2n) is 11.2. The lowest BCUT2D eigenvalue weighted by molar-refractivity contribution is 0.109. The Morgan fingerprint density at radius 2 is 1.73 bits per heavy atom. The number of sulfonamides is 1. The van der Waals surface area contributed by atoms with Crippen LogP contribution in [-0.4, -0.2) is 50.9 Å². The molecule has 0 fully saturated rings. The first kappa shape index (κ1) is 32.2. The van der Waals surface area contributed by atoms with Gasteiger partial charge in [-0.3, -0.25) is 4.72 Å². The molecule has 1 aromatic carbocycles. The van der Waals surface area contributed by atoms with Crippen LogP contribution in [0.2, 0.25) is 0 Å². The number of rotatable bonds is 18. The number of furan rings is 1. The summed E-state index contributed by atoms with van der Waals surface area (Å²) in [6.45, 7) is 12.7. The van der Waals surface area contributed by atoms with Gasteiger partial charge in [-0.05, 0) is 75.0 Å². The van der Waals surface area contributed by atoms with Gasteiger partial charge in [0.1, 0.15) is 17.1 Å². The lowest BCUT2D eigenvalue weighted by atomic mass is 9.81. The predicted molar refractivity (Wildman–Crippen MR) is 165 cm³/mol. The maximum Gasteiger partial charge on any atom is 0.229 e. The predicted octanol–water partition coefficient (Wildman–Crippen LogP) is 7.20. The van der Waals surface area contributed by atoms with E-state index in [9.17, 15) is 13.5 Å². The number of benzene rings is 1. The van der Waals surface area contributed by atoms with Crippen molar-refractivity contribution in [2.24, 2.45) is 11.8 Å². The molecular weight excluding hydrogens is 524 g/mol. The number of unbranched alkanes of at least 4 members (excludes halogenated alkanes) is 3. The Morgan fingerprint density at radius 1 is 1.05 bits per heavy atom. The van der Waals surface area contributed by atoms with Crippen LogP contribution in [0.5, 0.6) is 0 Å². The molecule has 3 atom stereocenters. The quantitative estimate of drug-likeness (QED) is 0.183. The average Bonchev–Trinajstić information content (AvgIpc) is 3.27. The van der Waals surface area contributed by atoms with Gasteiger partial charge in [0.15, 0.2) is 0 Å². The van der Waals surface area contributed by atoms with Gasteiger partial charge >= 0.3 is 0 Å². The number of aliphatic hydroxyl groups is 1. The van der Waals surface area contributed by atoms with Gasteiger partial charge in [0.05, 0.1) is 19.0 Å². The van der Waals surface area contributed by atoms with Crippen molar-refractivity contribution in [3.05, 3.63) is 53.5 Å². The first-order valence-electron chi connectivity index (χ1n) is 15.1. The van der Waals surface area contributed by atoms with Crippen molar-refractivity contribution < 1.29 is 22.7 Å². The van der Waals surface area contributed by atoms with Gasteiger partial charge in [-0.1, -0.05) is 53.0 Å². The van der Waals surface area contributed by atoms with Crippen molar-refractivity contribution >= 4 is 26.7 Å². The molecule has 0 aliphatic heterocycles. The first-order valence-corrected chi connectivity index (χ1v) is 17.0. The monoisotopic (exact) mass is 574 g/mol. The van der Waals surface area contributed by atoms with Crippen LogP contribution in [0.1, 0.15) is 90.1 Å². The molecule has 1 heterocycles. The highest BCUT2D eigenvalue weighted by molar-refractivity contribution is 7.92. The van der Waals surface area contributed by atoms with E-state index in [1.54, 1.807) is 18.2 Å². The summed E-state index contributed by atoms with van der Waals surface area (Å²) in [4.78, 5) is 2.55. The van der Waals surface area contributed by atoms with Gasteiger partial charge in [0.25, 0.3) is 0 Å². The zero-order chi connectivity index (χ0) is 29.1. The lowest BCUT2D eigenvalue weighted by Crippen LogP contribution is -2.28. The number of hydrogen-bond donors (Lipinski definition) is 2. The third-order valence-corrected chi connectivity index (χ3v) is 8.19. The number of anilines is 1. The van der Waals surface area contributed by atoms with Crippen LogP contribution < -0.4 is 4.72 Å². The van der Waals surface area contributed by atoms with Crippen LogP contribution in [0.15, 0.2) is 46.6 Å². The second-order valence-corrected chi connectivity index (χ2v) is 12.9. The highest BCUT2D eigenvalue weighted by Gasteiger charge is 2.31. The highest BCUT2D eigenvalue weighted by atomic mass is 32.2. The molecule has 224 valence electrons. The summed E-state index contributed by atoms with van der Waals surface area (Å²) in [7, 11) is -3.42. The average molecular weight is 575 g/mol. The minimum absolute atomic E-state index is 0.0573. The summed E-state index contributed by atoms with van der Waals surface area (Å²) in [5.41, 5.74) is 1.86. The summed E-state index contributed by atoms with van der Waals surface area (Å²) < 4.78 is 38.5. The van der Waals surface area contributed by atoms with Crippen LogP contribution in [-0.2, 0) is 21.2 Å². The van der Waals surface area contributed by atoms with Crippen molar-refractivity contribution in [3.63, 3.8) is 0 Å². The van der Waals surface area contributed by atoms with E-state index in [0.29, 0.717) is 17.9 Å². The molecule has 0 radical (unpaired) electrons. The van der Waals surface area contributed by atoms with Crippen LogP contribution in [0.4, 0.5) is 5.69 Å². The molecule has 8 heteroatoms. The number of nitrogens with one attached hydrogen (secondary N) is 1. The molecular formula is C32H50N2O5S. The molecule has 1 aliphatic carbocycles. The van der Waals surface area contributed by atoms with Crippen molar-refractivity contribution in [2.75, 3.05) is 37.2 Å². The minimum Gasteiger partial charge on any atom is -0.494 e. The van der Waals surface area contributed by atoms with Crippen LogP contribution in [0.3, 0.4) is 0 Å². The normalized spacial score (nSPS) is 18.3. The molecule has 2 aromatic rings. The van der Waals surface area contributed by atoms with E-state index < -0.39 is 16.1 Å². The number of nitrogens with zero attached hydrogens (tertiary/aromatic N) is 1. The SMILES string of the molecule is CCCCc1oc2ccc(NS(C)(=O)=O)cc2c1C(O)C1C=CC(OCCCN(CCCC)CCCC)=CC1C. The summed E-state index contributed by atoms with van der Waals surface area (Å²) >= 11 is 0. The Balaban J connectivity index is 1.69. The van der Waals surface area contributed by atoms with E-state index in [2.05, 4.69) is 43.4 Å². The number of aryl methyl sites for hydroxylation is 1. The van der Waals surface area contributed by atoms with Crippen molar-refractivity contribution in [3.8, 4) is 0 Å². The van der Waals surface area contributed by atoms with E-state index in [0.717, 1.165) is 74.0 Å². The third-order valence-electron chi connectivity index (χ3n) is 7.58. The van der Waals surface area contributed by atoms with E-state index in [1.807, 2.05) is 12.2 Å². The Hall–Kier alpha value is -2.29. The maximum atomic E-state index is 11.8. The molecule has 3 rings (SSSR count). The van der Waals surface area contributed by atoms with Gasteiger partial charge in [0, 0.05) is 35.5 Å². The minimum atomic E-state index is -3.42. The fourth-order valence-corrected chi connectivity index (χ4v) is 5.91. The second kappa shape index (κ2) is 15.6. The van der Waals surface area contributed by atoms with Crippen molar-refractivity contribution in [1.82, 2.24) is 4.90 Å². The Labute approximate surface area is 241 Å². The fraction of sp³-hybridized carbons (Fsp3) is 0.625. The third kappa shape index (κ3) is 9.38. The molecule has 1 aromatic heterocycles. The molecule has 3 unspecified atom stereocenters. The number of fused-ring (bicyclic) bond motifs is 1. The van der Waals surface area contributed by atoms with Gasteiger partial charge in [-0.25, -0.2) is 8.42 Å². The molecule has 40 heavy (non-hydrogen) atoms. The zero-order valence-electron chi connectivity index (χ0n) is 25.1. The van der Waals surface area contributed by atoms with E-state index in [1.165, 1.54) is 25.7 Å². The van der Waals surface area contributed by atoms with E-state index >= 15 is 0 Å². The molecule has 0 saturated carbocycles. The summed E-state index contributed by atoms with van der Waals surface area (Å²) in [6.07, 6.45) is 15.0. The van der Waals surface area contributed by atoms with E-state index in [4.69, 9.17) is 9.15 Å². The summed E-state index contributed by atoms with van der Waals surface area (Å²) in [5, 5.41) is 12.4. The molecule has 1 aliphatic rings. The highest BCUT2D eigenvalue weighted by Crippen LogP contribution is 2.41. The Morgan fingerprint density at radius 3 is 2.35 bits per heavy atom. The topological polar surface area (TPSA) is 92.0 Å². The smallest absolute Gasteiger partial charge is 0.229 e. The van der Waals surface area contributed by atoms with Crippen LogP contribution >= 0.6 is 0 Å². The molecule has 0 spiro atoms. The molecule has 7 nitrogen and oxygen atoms in total. The maximum absolute atomic E-state index is 11.8. The van der Waals surface area contributed by atoms with Gasteiger partial charge in [0.2, 0.25) is 10.0 Å². The first-order chi connectivity index (χ1) is 19.2. The Kier molecular flexibility index (Phi) is 12.6. The van der Waals surface area contributed by atoms with Crippen LogP contribution in [0.25, 0.3) is 11.0 Å². The zero-order valence-corrected chi connectivity index (χ0v) is 25.9. The summed E-state index contributed by atoms with van der Waals surface area (Å²) in [6, 6.07) is 5.22. The largest absolute Gasteiger partial charge is 0.494 e. The van der Waals surface area contributed by atoms with Gasteiger partial charge in [-0.2, -0.15) is 0 Å². The molecule has 0 saturated heterocycles. The van der Waals surface area contributed by atoms with Gasteiger partial charge in [-0.15, -0.1) is 0 Å². The molecule has 0 amide bonds. The van der Waals surface area contributed by atoms with Crippen molar-refractivity contribution in [1.29, 1.82) is 0 Å². The fourth-order valence-electron chi connectivity index (χ4n) is 5.36. The Bertz CT molecular complexity index is 1230. The number of ether oxygens (including phenoxy) is 1. The molecule has 0 bridgehead atoms. The van der Waals surface area contributed by atoms with Gasteiger partial charge < -0.3 is 19.2 Å². The number of allylic oxidation sites excluding steroid dienone is 2. The number of hydrogen-bond acceptors (Lipinski definition) is 6. The number of aliphatic hydroxyl groups excluding tert-OH is 1. The van der Waals surface area contributed by atoms with Crippen LogP contribution in [0, 0.1) is 11.8 Å². The van der Waals surface area contributed by atoms with E-state index in [-0.39, 0.29) is 11.8 Å². The molecule has 2 N–H and O–H groups in total. The lowest BCUT2D eigenvalue weighted by Gasteiger charge is -2.28.